The van der Waals surface area contributed by atoms with E-state index in [4.69, 9.17) is 9.47 Å². The fraction of sp³-hybridized carbons (Fsp3) is 0.421. The topological polar surface area (TPSA) is 38.8 Å². The Balaban J connectivity index is 3.03. The van der Waals surface area contributed by atoms with Crippen LogP contribution in [0, 0.1) is 5.92 Å². The lowest BCUT2D eigenvalue weighted by atomic mass is 10.1. The van der Waals surface area contributed by atoms with Crippen LogP contribution in [0.25, 0.3) is 0 Å². The van der Waals surface area contributed by atoms with Gasteiger partial charge in [-0.2, -0.15) is 0 Å². The van der Waals surface area contributed by atoms with Gasteiger partial charge in [0.25, 0.3) is 0 Å². The van der Waals surface area contributed by atoms with Crippen LogP contribution >= 0.6 is 0 Å². The minimum Gasteiger partial charge on any atom is -0.497 e. The first kappa shape index (κ1) is 18.8. The zero-order chi connectivity index (χ0) is 17.5. The van der Waals surface area contributed by atoms with Gasteiger partial charge in [0.1, 0.15) is 11.4 Å². The molecule has 0 aliphatic rings. The summed E-state index contributed by atoms with van der Waals surface area (Å²) in [7, 11) is 1.61. The molecule has 0 heterocycles. The molecule has 1 rings (SSSR count). The highest BCUT2D eigenvalue weighted by atomic mass is 16.6. The van der Waals surface area contributed by atoms with E-state index in [1.165, 1.54) is 4.90 Å². The van der Waals surface area contributed by atoms with Crippen molar-refractivity contribution < 1.29 is 14.3 Å². The largest absolute Gasteiger partial charge is 0.497 e. The third kappa shape index (κ3) is 6.59. The van der Waals surface area contributed by atoms with Crippen LogP contribution in [0.4, 0.5) is 10.5 Å². The highest BCUT2D eigenvalue weighted by molar-refractivity contribution is 5.89. The fourth-order valence-electron chi connectivity index (χ4n) is 1.88. The summed E-state index contributed by atoms with van der Waals surface area (Å²) in [4.78, 5) is 14.0. The van der Waals surface area contributed by atoms with Crippen LogP contribution in [0.1, 0.15) is 34.1 Å². The second kappa shape index (κ2) is 8.42. The average Bonchev–Trinajstić information content (AvgIpc) is 2.46. The number of methoxy groups -OCH3 is 1. The summed E-state index contributed by atoms with van der Waals surface area (Å²) in [6, 6.07) is 7.28. The van der Waals surface area contributed by atoms with Crippen LogP contribution in [0.3, 0.4) is 0 Å². The number of nitrogens with zero attached hydrogens (tertiary/aromatic N) is 1. The minimum atomic E-state index is -0.553. The van der Waals surface area contributed by atoms with Crippen molar-refractivity contribution in [1.82, 2.24) is 0 Å². The Morgan fingerprint density at radius 3 is 2.39 bits per heavy atom. The molecule has 23 heavy (non-hydrogen) atoms. The minimum absolute atomic E-state index is 0.288. The van der Waals surface area contributed by atoms with Gasteiger partial charge in [-0.15, -0.1) is 6.58 Å². The van der Waals surface area contributed by atoms with Crippen molar-refractivity contribution in [1.29, 1.82) is 0 Å². The van der Waals surface area contributed by atoms with E-state index in [2.05, 4.69) is 13.5 Å². The van der Waals surface area contributed by atoms with E-state index >= 15 is 0 Å². The molecule has 0 aliphatic carbocycles. The Kier molecular flexibility index (Phi) is 6.89. The summed E-state index contributed by atoms with van der Waals surface area (Å²) >= 11 is 0. The molecule has 0 aromatic heterocycles. The van der Waals surface area contributed by atoms with Gasteiger partial charge in [-0.1, -0.05) is 19.1 Å². The zero-order valence-corrected chi connectivity index (χ0v) is 14.7. The quantitative estimate of drug-likeness (QED) is 0.680. The van der Waals surface area contributed by atoms with Gasteiger partial charge in [-0.25, -0.2) is 4.79 Å². The number of ether oxygens (including phenoxy) is 2. The number of anilines is 1. The second-order valence-corrected chi connectivity index (χ2v) is 6.39. The maximum atomic E-state index is 12.5. The van der Waals surface area contributed by atoms with Gasteiger partial charge in [0, 0.05) is 6.20 Å². The average molecular weight is 317 g/mol. The van der Waals surface area contributed by atoms with Crippen LogP contribution in [-0.4, -0.2) is 18.8 Å². The van der Waals surface area contributed by atoms with E-state index in [9.17, 15) is 4.79 Å². The van der Waals surface area contributed by atoms with Gasteiger partial charge in [-0.05, 0) is 57.4 Å². The molecule has 0 saturated heterocycles. The summed E-state index contributed by atoms with van der Waals surface area (Å²) in [5, 5.41) is 0. The number of rotatable bonds is 6. The van der Waals surface area contributed by atoms with Crippen LogP contribution in [-0.2, 0) is 4.74 Å². The number of hydrogen-bond acceptors (Lipinski definition) is 3. The Morgan fingerprint density at radius 1 is 1.30 bits per heavy atom. The third-order valence-corrected chi connectivity index (χ3v) is 3.04. The van der Waals surface area contributed by atoms with E-state index in [0.29, 0.717) is 0 Å². The smallest absolute Gasteiger partial charge is 0.418 e. The highest BCUT2D eigenvalue weighted by Gasteiger charge is 2.22. The molecule has 4 nitrogen and oxygen atoms in total. The molecule has 0 bridgehead atoms. The molecule has 1 atom stereocenters. The van der Waals surface area contributed by atoms with Crippen molar-refractivity contribution in [2.75, 3.05) is 12.0 Å². The number of allylic oxidation sites excluding steroid dienone is 2. The predicted octanol–water partition coefficient (Wildman–Crippen LogP) is 5.16. The predicted molar refractivity (Wildman–Crippen MR) is 94.8 cm³/mol. The first-order chi connectivity index (χ1) is 10.8. The molecule has 4 heteroatoms. The Hall–Kier alpha value is -2.23. The van der Waals surface area contributed by atoms with Gasteiger partial charge in [0.2, 0.25) is 0 Å². The molecule has 0 radical (unpaired) electrons. The summed E-state index contributed by atoms with van der Waals surface area (Å²) in [5.74, 6) is 1.03. The van der Waals surface area contributed by atoms with Gasteiger partial charge in [0.05, 0.1) is 12.8 Å². The molecule has 0 N–H and O–H groups in total. The monoisotopic (exact) mass is 317 g/mol. The van der Waals surface area contributed by atoms with Gasteiger partial charge in [0.15, 0.2) is 0 Å². The number of benzene rings is 1. The van der Waals surface area contributed by atoms with E-state index < -0.39 is 11.7 Å². The molecule has 1 aromatic rings. The number of amides is 1. The second-order valence-electron chi connectivity index (χ2n) is 6.39. The number of carbonyl (C=O) groups excluding carboxylic acids is 1. The van der Waals surface area contributed by atoms with Crippen LogP contribution < -0.4 is 9.64 Å². The normalized spacial score (nSPS) is 12.7. The first-order valence-corrected chi connectivity index (χ1v) is 7.72. The standard InChI is InChI=1S/C19H27NO3/c1-7-8-15(2)13-14-20(18(21)23-19(3,4)5)16-9-11-17(22-6)12-10-16/h7,9-15H,1,8H2,2-6H3/b14-13+/t15-/m1/s1. The Bertz CT molecular complexity index is 541. The molecule has 1 amide bonds. The number of hydrogen-bond donors (Lipinski definition) is 0. The van der Waals surface area contributed by atoms with Crippen molar-refractivity contribution in [2.45, 2.75) is 39.7 Å². The highest BCUT2D eigenvalue weighted by Crippen LogP contribution is 2.22. The van der Waals surface area contributed by atoms with Crippen molar-refractivity contribution in [2.24, 2.45) is 5.92 Å². The summed E-state index contributed by atoms with van der Waals surface area (Å²) in [6.45, 7) is 11.3. The van der Waals surface area contributed by atoms with Gasteiger partial charge < -0.3 is 9.47 Å². The van der Waals surface area contributed by atoms with Crippen molar-refractivity contribution in [3.8, 4) is 5.75 Å². The molecule has 0 spiro atoms. The number of carbonyl (C=O) groups is 1. The Morgan fingerprint density at radius 2 is 1.91 bits per heavy atom. The van der Waals surface area contributed by atoms with Crippen LogP contribution in [0.5, 0.6) is 5.75 Å². The molecule has 0 aliphatic heterocycles. The van der Waals surface area contributed by atoms with Gasteiger partial charge >= 0.3 is 6.09 Å². The lowest BCUT2D eigenvalue weighted by molar-refractivity contribution is 0.0596. The third-order valence-electron chi connectivity index (χ3n) is 3.04. The van der Waals surface area contributed by atoms with Crippen molar-refractivity contribution >= 4 is 11.8 Å². The van der Waals surface area contributed by atoms with Gasteiger partial charge in [-0.3, -0.25) is 4.90 Å². The molecule has 0 fully saturated rings. The molecular weight excluding hydrogens is 290 g/mol. The summed E-state index contributed by atoms with van der Waals surface area (Å²) in [6.07, 6.45) is 6.02. The Labute approximate surface area is 139 Å². The maximum Gasteiger partial charge on any atom is 0.418 e. The van der Waals surface area contributed by atoms with E-state index in [1.54, 1.807) is 13.3 Å². The lowest BCUT2D eigenvalue weighted by Crippen LogP contribution is -2.33. The summed E-state index contributed by atoms with van der Waals surface area (Å²) < 4.78 is 10.6. The molecule has 126 valence electrons. The first-order valence-electron chi connectivity index (χ1n) is 7.72. The van der Waals surface area contributed by atoms with Crippen molar-refractivity contribution in [3.05, 3.63) is 49.2 Å². The SMILES string of the molecule is C=CC[C@@H](C)/C=C/N(C(=O)OC(C)(C)C)c1ccc(OC)cc1. The van der Waals surface area contributed by atoms with Crippen molar-refractivity contribution in [3.63, 3.8) is 0 Å². The van der Waals surface area contributed by atoms with E-state index in [1.807, 2.05) is 57.2 Å². The maximum absolute atomic E-state index is 12.5. The van der Waals surface area contributed by atoms with Crippen LogP contribution in [0.2, 0.25) is 0 Å². The molecule has 0 unspecified atom stereocenters. The zero-order valence-electron chi connectivity index (χ0n) is 14.7. The molecular formula is C19H27NO3. The molecule has 1 aromatic carbocycles. The lowest BCUT2D eigenvalue weighted by Gasteiger charge is -2.25. The van der Waals surface area contributed by atoms with Crippen LogP contribution in [0.15, 0.2) is 49.2 Å². The summed E-state index contributed by atoms with van der Waals surface area (Å²) in [5.41, 5.74) is 0.171. The fourth-order valence-corrected chi connectivity index (χ4v) is 1.88. The van der Waals surface area contributed by atoms with E-state index in [-0.39, 0.29) is 5.92 Å². The van der Waals surface area contributed by atoms with E-state index in [0.717, 1.165) is 17.9 Å². The molecule has 0 saturated carbocycles.